The summed E-state index contributed by atoms with van der Waals surface area (Å²) in [6, 6.07) is 10.3. The first-order chi connectivity index (χ1) is 17.0. The lowest BCUT2D eigenvalue weighted by molar-refractivity contribution is 0.0817. The number of hydrogen-bond donors (Lipinski definition) is 2. The Balaban J connectivity index is 1.66. The lowest BCUT2D eigenvalue weighted by atomic mass is 9.91. The highest BCUT2D eigenvalue weighted by molar-refractivity contribution is 7.89. The minimum atomic E-state index is -1.40. The average Bonchev–Trinajstić information content (AvgIpc) is 3.26. The number of aromatic nitrogens is 3. The lowest BCUT2D eigenvalue weighted by Crippen LogP contribution is -2.52. The molecule has 2 N–H and O–H groups in total. The van der Waals surface area contributed by atoms with Crippen LogP contribution in [-0.2, 0) is 18.4 Å². The minimum absolute atomic E-state index is 0.00262. The number of hydrogen-bond acceptors (Lipinski definition) is 7. The molecular formula is C26H34FN7OS. The van der Waals surface area contributed by atoms with Gasteiger partial charge < -0.3 is 15.3 Å². The molecule has 2 atom stereocenters. The fourth-order valence-electron chi connectivity index (χ4n) is 4.60. The molecule has 0 saturated carbocycles. The molecule has 0 bridgehead atoms. The summed E-state index contributed by atoms with van der Waals surface area (Å²) in [7, 11) is 1.72. The monoisotopic (exact) mass is 511 g/mol. The van der Waals surface area contributed by atoms with Crippen molar-refractivity contribution in [3.63, 3.8) is 0 Å². The van der Waals surface area contributed by atoms with Crippen LogP contribution < -0.4 is 5.32 Å². The first-order valence-corrected chi connectivity index (χ1v) is 13.1. The molecular weight excluding hydrogens is 477 g/mol. The van der Waals surface area contributed by atoms with E-state index in [9.17, 15) is 8.94 Å². The van der Waals surface area contributed by atoms with E-state index in [1.54, 1.807) is 25.4 Å². The largest absolute Gasteiger partial charge is 0.591 e. The van der Waals surface area contributed by atoms with Crippen LogP contribution >= 0.6 is 0 Å². The molecule has 1 aliphatic heterocycles. The maximum atomic E-state index is 13.3. The van der Waals surface area contributed by atoms with Gasteiger partial charge in [-0.15, -0.1) is 9.40 Å². The summed E-state index contributed by atoms with van der Waals surface area (Å²) in [6.45, 7) is 11.6. The van der Waals surface area contributed by atoms with Crippen LogP contribution in [0.3, 0.4) is 0 Å². The fraction of sp³-hybridized carbons (Fsp3) is 0.423. The van der Waals surface area contributed by atoms with Crippen molar-refractivity contribution < 1.29 is 8.94 Å². The Morgan fingerprint density at radius 3 is 2.56 bits per heavy atom. The molecule has 192 valence electrons. The number of nitrogens with one attached hydrogen (secondary N) is 2. The van der Waals surface area contributed by atoms with E-state index in [2.05, 4.69) is 48.1 Å². The molecule has 1 saturated heterocycles. The SMILES string of the molecule is Cc1cc(Nc2ccc(F)cc2)c(C=N)cc1C1CN([S+]([O-])c2cnn(C)n2)CCN1CC(C)(C)C. The van der Waals surface area contributed by atoms with Crippen LogP contribution in [0.25, 0.3) is 0 Å². The second kappa shape index (κ2) is 10.7. The van der Waals surface area contributed by atoms with Crippen LogP contribution in [0.5, 0.6) is 0 Å². The highest BCUT2D eigenvalue weighted by Gasteiger charge is 2.38. The summed E-state index contributed by atoms with van der Waals surface area (Å²) < 4.78 is 28.6. The van der Waals surface area contributed by atoms with Crippen LogP contribution in [-0.4, -0.2) is 61.1 Å². The van der Waals surface area contributed by atoms with Gasteiger partial charge in [-0.05, 0) is 59.9 Å². The van der Waals surface area contributed by atoms with E-state index in [-0.39, 0.29) is 17.3 Å². The van der Waals surface area contributed by atoms with Gasteiger partial charge in [-0.2, -0.15) is 9.90 Å². The maximum Gasteiger partial charge on any atom is 0.304 e. The Labute approximate surface area is 215 Å². The zero-order chi connectivity index (χ0) is 26.0. The Morgan fingerprint density at radius 1 is 1.22 bits per heavy atom. The molecule has 0 amide bonds. The quantitative estimate of drug-likeness (QED) is 0.360. The Bertz CT molecular complexity index is 1210. The molecule has 0 aliphatic carbocycles. The number of piperazine rings is 1. The van der Waals surface area contributed by atoms with E-state index < -0.39 is 11.4 Å². The van der Waals surface area contributed by atoms with E-state index in [4.69, 9.17) is 5.41 Å². The predicted octanol–water partition coefficient (Wildman–Crippen LogP) is 4.43. The van der Waals surface area contributed by atoms with Crippen molar-refractivity contribution >= 4 is 29.0 Å². The summed E-state index contributed by atoms with van der Waals surface area (Å²) in [5, 5.41) is 20.2. The lowest BCUT2D eigenvalue weighted by Gasteiger charge is -2.43. The Morgan fingerprint density at radius 2 is 1.94 bits per heavy atom. The van der Waals surface area contributed by atoms with E-state index in [1.165, 1.54) is 23.1 Å². The molecule has 4 rings (SSSR count). The minimum Gasteiger partial charge on any atom is -0.591 e. The molecule has 0 radical (unpaired) electrons. The molecule has 1 fully saturated rings. The van der Waals surface area contributed by atoms with Gasteiger partial charge in [-0.25, -0.2) is 4.39 Å². The molecule has 36 heavy (non-hydrogen) atoms. The first-order valence-electron chi connectivity index (χ1n) is 12.0. The maximum absolute atomic E-state index is 13.3. The third-order valence-corrected chi connectivity index (χ3v) is 7.54. The Hall–Kier alpha value is -2.79. The fourth-order valence-corrected chi connectivity index (χ4v) is 5.71. The molecule has 8 nitrogen and oxygen atoms in total. The summed E-state index contributed by atoms with van der Waals surface area (Å²) >= 11 is -1.40. The summed E-state index contributed by atoms with van der Waals surface area (Å²) in [4.78, 5) is 3.88. The normalized spacial score (nSPS) is 18.2. The van der Waals surface area contributed by atoms with Crippen molar-refractivity contribution in [3.05, 3.63) is 65.1 Å². The summed E-state index contributed by atoms with van der Waals surface area (Å²) in [5.41, 5.74) is 4.54. The van der Waals surface area contributed by atoms with Crippen LogP contribution in [0.1, 0.15) is 43.5 Å². The van der Waals surface area contributed by atoms with Crippen molar-refractivity contribution in [3.8, 4) is 0 Å². The van der Waals surface area contributed by atoms with Gasteiger partial charge in [0.25, 0.3) is 0 Å². The zero-order valence-electron chi connectivity index (χ0n) is 21.5. The third kappa shape index (κ3) is 6.12. The van der Waals surface area contributed by atoms with Crippen LogP contribution in [0.2, 0.25) is 0 Å². The number of aryl methyl sites for hydroxylation is 2. The van der Waals surface area contributed by atoms with E-state index in [1.807, 2.05) is 16.4 Å². The van der Waals surface area contributed by atoms with Crippen molar-refractivity contribution in [2.45, 2.75) is 38.8 Å². The summed E-state index contributed by atoms with van der Waals surface area (Å²) in [5.74, 6) is -0.293. The molecule has 2 unspecified atom stereocenters. The molecule has 10 heteroatoms. The van der Waals surface area contributed by atoms with Crippen molar-refractivity contribution in [1.82, 2.24) is 24.2 Å². The Kier molecular flexibility index (Phi) is 7.79. The molecule has 2 heterocycles. The third-order valence-electron chi connectivity index (χ3n) is 6.20. The molecule has 1 aromatic heterocycles. The number of benzene rings is 2. The average molecular weight is 512 g/mol. The van der Waals surface area contributed by atoms with E-state index in [0.717, 1.165) is 41.2 Å². The second-order valence-corrected chi connectivity index (χ2v) is 11.9. The van der Waals surface area contributed by atoms with Gasteiger partial charge in [-0.3, -0.25) is 4.90 Å². The van der Waals surface area contributed by atoms with Gasteiger partial charge in [0, 0.05) is 43.3 Å². The van der Waals surface area contributed by atoms with Gasteiger partial charge in [0.2, 0.25) is 0 Å². The number of halogens is 1. The van der Waals surface area contributed by atoms with Crippen LogP contribution in [0, 0.1) is 23.6 Å². The number of nitrogens with zero attached hydrogens (tertiary/aromatic N) is 5. The summed E-state index contributed by atoms with van der Waals surface area (Å²) in [6.07, 6.45) is 2.89. The van der Waals surface area contributed by atoms with E-state index >= 15 is 0 Å². The highest BCUT2D eigenvalue weighted by Crippen LogP contribution is 2.35. The van der Waals surface area contributed by atoms with Crippen LogP contribution in [0.15, 0.2) is 47.6 Å². The number of anilines is 2. The van der Waals surface area contributed by atoms with Crippen LogP contribution in [0.4, 0.5) is 15.8 Å². The predicted molar refractivity (Wildman–Crippen MR) is 142 cm³/mol. The highest BCUT2D eigenvalue weighted by atomic mass is 32.2. The van der Waals surface area contributed by atoms with Gasteiger partial charge in [0.1, 0.15) is 23.4 Å². The molecule has 3 aromatic rings. The standard InChI is InChI=1S/C26H34FN7OS/c1-18-12-23(30-21-8-6-20(27)7-9-21)19(14-28)13-22(18)24-16-34(11-10-33(24)17-26(2,3)4)36(35)25-15-29-32(5)31-25/h6-9,12-15,24,28,30H,10-11,16-17H2,1-5H3. The first kappa shape index (κ1) is 26.3. The van der Waals surface area contributed by atoms with Crippen molar-refractivity contribution in [2.24, 2.45) is 12.5 Å². The second-order valence-electron chi connectivity index (χ2n) is 10.4. The van der Waals surface area contributed by atoms with Gasteiger partial charge >= 0.3 is 5.03 Å². The van der Waals surface area contributed by atoms with Gasteiger partial charge in [0.15, 0.2) is 0 Å². The molecule has 2 aromatic carbocycles. The number of rotatable bonds is 7. The zero-order valence-corrected chi connectivity index (χ0v) is 22.3. The topological polar surface area (TPSA) is 96.1 Å². The van der Waals surface area contributed by atoms with Gasteiger partial charge in [-0.1, -0.05) is 20.8 Å². The van der Waals surface area contributed by atoms with Crippen molar-refractivity contribution in [2.75, 3.05) is 31.5 Å². The smallest absolute Gasteiger partial charge is 0.304 e. The van der Waals surface area contributed by atoms with E-state index in [0.29, 0.717) is 18.1 Å². The van der Waals surface area contributed by atoms with Crippen molar-refractivity contribution in [1.29, 1.82) is 5.41 Å². The molecule has 1 aliphatic rings. The molecule has 0 spiro atoms. The van der Waals surface area contributed by atoms with Gasteiger partial charge in [0.05, 0.1) is 19.1 Å².